The molecule has 0 saturated heterocycles. The van der Waals surface area contributed by atoms with E-state index in [-0.39, 0.29) is 23.3 Å². The second kappa shape index (κ2) is 10.0. The van der Waals surface area contributed by atoms with Crippen molar-refractivity contribution in [2.24, 2.45) is 0 Å². The first kappa shape index (κ1) is 27.7. The molecule has 0 heterocycles. The Labute approximate surface area is 195 Å². The lowest BCUT2D eigenvalue weighted by atomic mass is 9.91. The number of carbonyl (C=O) groups is 1. The molecule has 2 aromatic carbocycles. The van der Waals surface area contributed by atoms with Crippen LogP contribution in [0.1, 0.15) is 16.7 Å². The third kappa shape index (κ3) is 7.24. The van der Waals surface area contributed by atoms with E-state index in [2.05, 4.69) is 10.6 Å². The maximum atomic E-state index is 13.7. The molecule has 0 aliphatic rings. The molecule has 3 N–H and O–H groups in total. The Morgan fingerprint density at radius 1 is 1.03 bits per heavy atom. The molecule has 6 nitrogen and oxygen atoms in total. The molecule has 0 bridgehead atoms. The number of anilines is 1. The van der Waals surface area contributed by atoms with Crippen LogP contribution in [-0.2, 0) is 33.0 Å². The van der Waals surface area contributed by atoms with E-state index < -0.39 is 57.1 Å². The monoisotopic (exact) mass is 532 g/mol. The molecule has 188 valence electrons. The average Bonchev–Trinajstić information content (AvgIpc) is 2.68. The van der Waals surface area contributed by atoms with Crippen molar-refractivity contribution in [2.45, 2.75) is 24.5 Å². The van der Waals surface area contributed by atoms with Crippen molar-refractivity contribution in [3.05, 3.63) is 64.2 Å². The summed E-state index contributed by atoms with van der Waals surface area (Å²) in [7, 11) is -3.54. The van der Waals surface area contributed by atoms with Crippen LogP contribution in [0.3, 0.4) is 0 Å². The lowest BCUT2D eigenvalue weighted by Gasteiger charge is -2.32. The average molecular weight is 533 g/mol. The Kier molecular flexibility index (Phi) is 8.16. The second-order valence-corrected chi connectivity index (χ2v) is 9.99. The van der Waals surface area contributed by atoms with Crippen molar-refractivity contribution in [2.75, 3.05) is 23.9 Å². The summed E-state index contributed by atoms with van der Waals surface area (Å²) in [4.78, 5) is 11.6. The van der Waals surface area contributed by atoms with Crippen molar-refractivity contribution < 1.29 is 44.7 Å². The first-order valence-electron chi connectivity index (χ1n) is 9.36. The van der Waals surface area contributed by atoms with Crippen molar-refractivity contribution in [1.29, 1.82) is 0 Å². The van der Waals surface area contributed by atoms with Crippen LogP contribution in [0.4, 0.5) is 32.0 Å². The number of benzene rings is 2. The Morgan fingerprint density at radius 2 is 1.65 bits per heavy atom. The number of carbonyl (C=O) groups excluding carboxylic acids is 1. The van der Waals surface area contributed by atoms with Crippen molar-refractivity contribution in [3.63, 3.8) is 0 Å². The van der Waals surface area contributed by atoms with Gasteiger partial charge in [-0.25, -0.2) is 8.42 Å². The van der Waals surface area contributed by atoms with Crippen LogP contribution in [0.15, 0.2) is 42.5 Å². The van der Waals surface area contributed by atoms with Crippen LogP contribution in [-0.4, -0.2) is 44.2 Å². The lowest BCUT2D eigenvalue weighted by molar-refractivity contribution is -0.260. The normalized spacial score (nSPS) is 14.4. The summed E-state index contributed by atoms with van der Waals surface area (Å²) in [6.45, 7) is -1.39. The molecule has 0 unspecified atom stereocenters. The minimum Gasteiger partial charge on any atom is -0.381 e. The molecule has 1 amide bonds. The molecular weight excluding hydrogens is 514 g/mol. The van der Waals surface area contributed by atoms with Gasteiger partial charge in [0.15, 0.2) is 9.84 Å². The number of hydrogen-bond acceptors (Lipinski definition) is 5. The molecule has 14 heteroatoms. The minimum absolute atomic E-state index is 0.000673. The summed E-state index contributed by atoms with van der Waals surface area (Å²) in [5.41, 5.74) is -5.68. The van der Waals surface area contributed by atoms with Crippen LogP contribution in [0.5, 0.6) is 0 Å². The van der Waals surface area contributed by atoms with Crippen LogP contribution in [0, 0.1) is 0 Å². The molecular formula is C20H19ClF6N2O4S. The minimum atomic E-state index is -5.32. The number of amides is 1. The van der Waals surface area contributed by atoms with Gasteiger partial charge in [-0.05, 0) is 35.4 Å². The summed E-state index contributed by atoms with van der Waals surface area (Å²) in [6.07, 6.45) is -9.35. The van der Waals surface area contributed by atoms with Gasteiger partial charge in [0.25, 0.3) is 0 Å². The summed E-state index contributed by atoms with van der Waals surface area (Å²) in [5.74, 6) is -1.52. The SMILES string of the molecule is CS(=O)(=O)CC(=O)NCc1ccc(NC[C@@](O)(c2cccc(C(F)(F)F)c2)C(F)(F)F)cc1Cl. The Hall–Kier alpha value is -2.51. The van der Waals surface area contributed by atoms with E-state index in [0.29, 0.717) is 11.6 Å². The Morgan fingerprint density at radius 3 is 2.18 bits per heavy atom. The van der Waals surface area contributed by atoms with Gasteiger partial charge in [-0.3, -0.25) is 4.79 Å². The maximum Gasteiger partial charge on any atom is 0.423 e. The molecule has 0 aromatic heterocycles. The number of halogens is 7. The lowest BCUT2D eigenvalue weighted by Crippen LogP contribution is -2.48. The van der Waals surface area contributed by atoms with E-state index in [1.807, 2.05) is 0 Å². The molecule has 2 aromatic rings. The number of hydrogen-bond donors (Lipinski definition) is 3. The predicted molar refractivity (Wildman–Crippen MR) is 113 cm³/mol. The maximum absolute atomic E-state index is 13.7. The van der Waals surface area contributed by atoms with Crippen LogP contribution in [0.2, 0.25) is 5.02 Å². The van der Waals surface area contributed by atoms with Crippen molar-refractivity contribution in [1.82, 2.24) is 5.32 Å². The Balaban J connectivity index is 2.19. The highest BCUT2D eigenvalue weighted by atomic mass is 35.5. The third-order valence-corrected chi connectivity index (χ3v) is 5.75. The van der Waals surface area contributed by atoms with Crippen LogP contribution in [0.25, 0.3) is 0 Å². The molecule has 34 heavy (non-hydrogen) atoms. The zero-order valence-corrected chi connectivity index (χ0v) is 19.0. The summed E-state index contributed by atoms with van der Waals surface area (Å²) < 4.78 is 102. The van der Waals surface area contributed by atoms with Gasteiger partial charge in [0, 0.05) is 23.5 Å². The molecule has 0 radical (unpaired) electrons. The largest absolute Gasteiger partial charge is 0.423 e. The summed E-state index contributed by atoms with van der Waals surface area (Å²) in [6, 6.07) is 6.10. The van der Waals surface area contributed by atoms with Crippen molar-refractivity contribution in [3.8, 4) is 0 Å². The van der Waals surface area contributed by atoms with Gasteiger partial charge >= 0.3 is 12.4 Å². The van der Waals surface area contributed by atoms with E-state index in [1.165, 1.54) is 18.2 Å². The fourth-order valence-corrected chi connectivity index (χ4v) is 3.66. The number of sulfone groups is 1. The quantitative estimate of drug-likeness (QED) is 0.449. The fraction of sp³-hybridized carbons (Fsp3) is 0.350. The van der Waals surface area contributed by atoms with Gasteiger partial charge in [-0.15, -0.1) is 0 Å². The van der Waals surface area contributed by atoms with E-state index in [0.717, 1.165) is 18.4 Å². The van der Waals surface area contributed by atoms with E-state index >= 15 is 0 Å². The number of nitrogens with one attached hydrogen (secondary N) is 2. The number of alkyl halides is 6. The second-order valence-electron chi connectivity index (χ2n) is 7.44. The highest BCUT2D eigenvalue weighted by molar-refractivity contribution is 7.91. The van der Waals surface area contributed by atoms with Gasteiger partial charge < -0.3 is 15.7 Å². The first-order valence-corrected chi connectivity index (χ1v) is 11.8. The number of aliphatic hydroxyl groups is 1. The topological polar surface area (TPSA) is 95.5 Å². The zero-order valence-electron chi connectivity index (χ0n) is 17.4. The van der Waals surface area contributed by atoms with E-state index in [9.17, 15) is 44.7 Å². The first-order chi connectivity index (χ1) is 15.4. The Bertz CT molecular complexity index is 1150. The fourth-order valence-electron chi connectivity index (χ4n) is 2.83. The molecule has 0 aliphatic heterocycles. The van der Waals surface area contributed by atoms with Crippen LogP contribution < -0.4 is 10.6 Å². The molecule has 0 saturated carbocycles. The predicted octanol–water partition coefficient (Wildman–Crippen LogP) is 3.88. The summed E-state index contributed by atoms with van der Waals surface area (Å²) in [5, 5.41) is 15.0. The van der Waals surface area contributed by atoms with Gasteiger partial charge in [-0.1, -0.05) is 29.8 Å². The number of rotatable bonds is 8. The summed E-state index contributed by atoms with van der Waals surface area (Å²) >= 11 is 6.05. The zero-order chi connectivity index (χ0) is 25.9. The van der Waals surface area contributed by atoms with Gasteiger partial charge in [0.05, 0.1) is 12.1 Å². The van der Waals surface area contributed by atoms with Gasteiger partial charge in [0.1, 0.15) is 5.75 Å². The van der Waals surface area contributed by atoms with E-state index in [1.54, 1.807) is 0 Å². The van der Waals surface area contributed by atoms with Gasteiger partial charge in [0.2, 0.25) is 11.5 Å². The molecule has 2 rings (SSSR count). The highest BCUT2D eigenvalue weighted by Crippen LogP contribution is 2.41. The van der Waals surface area contributed by atoms with Crippen LogP contribution >= 0.6 is 11.6 Å². The molecule has 0 fully saturated rings. The third-order valence-electron chi connectivity index (χ3n) is 4.61. The highest BCUT2D eigenvalue weighted by Gasteiger charge is 2.55. The van der Waals surface area contributed by atoms with Gasteiger partial charge in [-0.2, -0.15) is 26.3 Å². The standard InChI is InChI=1S/C20H19ClF6N2O4S/c1-34(32,33)10-17(30)28-9-12-5-6-15(8-16(12)21)29-11-18(31,20(25,26)27)13-3-2-4-14(7-13)19(22,23)24/h2-8,29,31H,9-11H2,1H3,(H,28,30)/t18-/m1/s1. The molecule has 1 atom stereocenters. The molecule has 0 spiro atoms. The van der Waals surface area contributed by atoms with Crippen molar-refractivity contribution >= 4 is 33.0 Å². The van der Waals surface area contributed by atoms with E-state index in [4.69, 9.17) is 11.6 Å². The smallest absolute Gasteiger partial charge is 0.381 e. The molecule has 0 aliphatic carbocycles.